The molecule has 0 radical (unpaired) electrons. The smallest absolute Gasteiger partial charge is 0.335 e. The Morgan fingerprint density at radius 3 is 2.29 bits per heavy atom. The van der Waals surface area contributed by atoms with Crippen LogP contribution in [0.2, 0.25) is 0 Å². The molecule has 1 aliphatic carbocycles. The third-order valence-electron chi connectivity index (χ3n) is 5.28. The quantitative estimate of drug-likeness (QED) is 0.557. The van der Waals surface area contributed by atoms with E-state index in [4.69, 9.17) is 9.84 Å². The molecule has 6 nitrogen and oxygen atoms in total. The zero-order chi connectivity index (χ0) is 19.9. The van der Waals surface area contributed by atoms with Gasteiger partial charge >= 0.3 is 5.97 Å². The second kappa shape index (κ2) is 9.57. The number of aliphatic hydroxyl groups is 1. The number of aromatic hydroxyl groups is 1. The molecular weight excluding hydrogens is 358 g/mol. The minimum absolute atomic E-state index is 0.183. The second-order valence-corrected chi connectivity index (χ2v) is 7.34. The van der Waals surface area contributed by atoms with Gasteiger partial charge in [-0.05, 0) is 73.6 Å². The van der Waals surface area contributed by atoms with Gasteiger partial charge in [0.2, 0.25) is 0 Å². The van der Waals surface area contributed by atoms with E-state index in [1.54, 1.807) is 36.4 Å². The van der Waals surface area contributed by atoms with E-state index in [1.807, 2.05) is 12.1 Å². The first kappa shape index (κ1) is 20.2. The van der Waals surface area contributed by atoms with Gasteiger partial charge in [0, 0.05) is 12.6 Å². The van der Waals surface area contributed by atoms with Gasteiger partial charge in [-0.15, -0.1) is 0 Å². The lowest BCUT2D eigenvalue weighted by Gasteiger charge is -2.30. The van der Waals surface area contributed by atoms with Crippen molar-refractivity contribution in [1.29, 1.82) is 0 Å². The summed E-state index contributed by atoms with van der Waals surface area (Å²) in [5.74, 6) is 0.366. The molecule has 6 heteroatoms. The number of phenolic OH excluding ortho intramolecular Hbond substituents is 1. The van der Waals surface area contributed by atoms with E-state index in [0.29, 0.717) is 29.8 Å². The Morgan fingerprint density at radius 2 is 1.68 bits per heavy atom. The summed E-state index contributed by atoms with van der Waals surface area (Å²) in [5.41, 5.74) is 1.52. The van der Waals surface area contributed by atoms with Crippen LogP contribution in [-0.2, 0) is 0 Å². The van der Waals surface area contributed by atoms with Crippen LogP contribution in [0.3, 0.4) is 0 Å². The monoisotopic (exact) mass is 385 g/mol. The molecule has 0 unspecified atom stereocenters. The third-order valence-corrected chi connectivity index (χ3v) is 5.28. The van der Waals surface area contributed by atoms with E-state index in [1.165, 1.54) is 5.56 Å². The van der Waals surface area contributed by atoms with Crippen molar-refractivity contribution in [1.82, 2.24) is 5.32 Å². The molecule has 1 aliphatic rings. The number of nitrogens with one attached hydrogen (secondary N) is 1. The first-order valence-corrected chi connectivity index (χ1v) is 9.68. The maximum absolute atomic E-state index is 11.0. The summed E-state index contributed by atoms with van der Waals surface area (Å²) < 4.78 is 5.52. The molecule has 1 saturated carbocycles. The van der Waals surface area contributed by atoms with Gasteiger partial charge in [0.25, 0.3) is 0 Å². The third kappa shape index (κ3) is 5.71. The van der Waals surface area contributed by atoms with Crippen molar-refractivity contribution in [3.63, 3.8) is 0 Å². The molecular formula is C22H27NO5. The van der Waals surface area contributed by atoms with E-state index in [-0.39, 0.29) is 12.4 Å². The molecule has 150 valence electrons. The Balaban J connectivity index is 1.36. The minimum atomic E-state index is -0.896. The van der Waals surface area contributed by atoms with Gasteiger partial charge in [-0.1, -0.05) is 12.1 Å². The number of phenols is 1. The highest BCUT2D eigenvalue weighted by molar-refractivity contribution is 5.87. The average molecular weight is 385 g/mol. The Kier molecular flexibility index (Phi) is 6.90. The molecule has 28 heavy (non-hydrogen) atoms. The van der Waals surface area contributed by atoms with Crippen LogP contribution in [0.5, 0.6) is 11.5 Å². The van der Waals surface area contributed by atoms with Crippen LogP contribution in [0.25, 0.3) is 0 Å². The molecule has 0 bridgehead atoms. The number of aromatic carboxylic acids is 1. The number of hydrogen-bond donors (Lipinski definition) is 4. The number of carboxylic acids is 1. The summed E-state index contributed by atoms with van der Waals surface area (Å²) in [6, 6.07) is 14.0. The molecule has 1 atom stereocenters. The molecule has 0 aliphatic heterocycles. The van der Waals surface area contributed by atoms with Crippen molar-refractivity contribution in [2.45, 2.75) is 43.7 Å². The molecule has 3 rings (SSSR count). The summed E-state index contributed by atoms with van der Waals surface area (Å²) in [6.07, 6.45) is 3.54. The standard InChI is InChI=1S/C22H27NO5/c24-19-9-11-21(12-10-19)28-14-20(25)13-23-18-7-5-16(6-8-18)15-1-3-17(4-2-15)22(26)27/h1-4,9-12,16,18,20,23-25H,5-8,13-14H2,(H,26,27)/t16?,18?,20-/m0/s1. The van der Waals surface area contributed by atoms with Gasteiger partial charge < -0.3 is 25.4 Å². The van der Waals surface area contributed by atoms with Crippen LogP contribution < -0.4 is 10.1 Å². The molecule has 1 fully saturated rings. The summed E-state index contributed by atoms with van der Waals surface area (Å²) in [6.45, 7) is 0.670. The highest BCUT2D eigenvalue weighted by Gasteiger charge is 2.23. The lowest BCUT2D eigenvalue weighted by molar-refractivity contribution is 0.0697. The predicted molar refractivity (Wildman–Crippen MR) is 106 cm³/mol. The van der Waals surface area contributed by atoms with Crippen LogP contribution in [0, 0.1) is 0 Å². The maximum atomic E-state index is 11.0. The van der Waals surface area contributed by atoms with E-state index in [0.717, 1.165) is 25.7 Å². The molecule has 0 spiro atoms. The van der Waals surface area contributed by atoms with Gasteiger partial charge in [0.1, 0.15) is 24.2 Å². The van der Waals surface area contributed by atoms with Gasteiger partial charge in [0.15, 0.2) is 0 Å². The van der Waals surface area contributed by atoms with Crippen molar-refractivity contribution in [2.24, 2.45) is 0 Å². The number of hydrogen-bond acceptors (Lipinski definition) is 5. The van der Waals surface area contributed by atoms with Crippen molar-refractivity contribution < 1.29 is 24.9 Å². The fourth-order valence-corrected chi connectivity index (χ4v) is 3.63. The van der Waals surface area contributed by atoms with Crippen molar-refractivity contribution in [2.75, 3.05) is 13.2 Å². The number of carbonyl (C=O) groups is 1. The molecule has 0 saturated heterocycles. The number of benzene rings is 2. The van der Waals surface area contributed by atoms with Crippen molar-refractivity contribution >= 4 is 5.97 Å². The topological polar surface area (TPSA) is 99.0 Å². The van der Waals surface area contributed by atoms with Crippen molar-refractivity contribution in [3.05, 3.63) is 59.7 Å². The summed E-state index contributed by atoms with van der Waals surface area (Å²) in [5, 5.41) is 31.8. The van der Waals surface area contributed by atoms with Gasteiger partial charge in [-0.3, -0.25) is 0 Å². The summed E-state index contributed by atoms with van der Waals surface area (Å²) >= 11 is 0. The summed E-state index contributed by atoms with van der Waals surface area (Å²) in [7, 11) is 0. The van der Waals surface area contributed by atoms with Crippen LogP contribution in [-0.4, -0.2) is 46.6 Å². The number of rotatable bonds is 8. The Bertz CT molecular complexity index is 752. The van der Waals surface area contributed by atoms with Gasteiger partial charge in [0.05, 0.1) is 5.56 Å². The highest BCUT2D eigenvalue weighted by Crippen LogP contribution is 2.33. The Morgan fingerprint density at radius 1 is 1.04 bits per heavy atom. The molecule has 0 aromatic heterocycles. The van der Waals surface area contributed by atoms with Gasteiger partial charge in [-0.2, -0.15) is 0 Å². The van der Waals surface area contributed by atoms with E-state index < -0.39 is 12.1 Å². The predicted octanol–water partition coefficient (Wildman–Crippen LogP) is 3.15. The van der Waals surface area contributed by atoms with Crippen molar-refractivity contribution in [3.8, 4) is 11.5 Å². The normalized spacial score (nSPS) is 20.5. The second-order valence-electron chi connectivity index (χ2n) is 7.34. The molecule has 4 N–H and O–H groups in total. The Labute approximate surface area is 164 Å². The molecule has 2 aromatic carbocycles. The largest absolute Gasteiger partial charge is 0.508 e. The lowest BCUT2D eigenvalue weighted by atomic mass is 9.81. The van der Waals surface area contributed by atoms with E-state index >= 15 is 0 Å². The fraction of sp³-hybridized carbons (Fsp3) is 0.409. The maximum Gasteiger partial charge on any atom is 0.335 e. The lowest BCUT2D eigenvalue weighted by Crippen LogP contribution is -2.39. The number of aliphatic hydroxyl groups excluding tert-OH is 1. The Hall–Kier alpha value is -2.57. The average Bonchev–Trinajstić information content (AvgIpc) is 2.72. The fourth-order valence-electron chi connectivity index (χ4n) is 3.63. The number of carboxylic acid groups (broad SMARTS) is 1. The van der Waals surface area contributed by atoms with Crippen LogP contribution in [0.1, 0.15) is 47.5 Å². The molecule has 0 amide bonds. The van der Waals surface area contributed by atoms with Gasteiger partial charge in [-0.25, -0.2) is 4.79 Å². The highest BCUT2D eigenvalue weighted by atomic mass is 16.5. The zero-order valence-corrected chi connectivity index (χ0v) is 15.8. The van der Waals surface area contributed by atoms with Crippen LogP contribution in [0.4, 0.5) is 0 Å². The minimum Gasteiger partial charge on any atom is -0.508 e. The first-order chi connectivity index (χ1) is 13.5. The van der Waals surface area contributed by atoms with E-state index in [9.17, 15) is 15.0 Å². The SMILES string of the molecule is O=C(O)c1ccc(C2CCC(NC[C@H](O)COc3ccc(O)cc3)CC2)cc1. The first-order valence-electron chi connectivity index (χ1n) is 9.68. The van der Waals surface area contributed by atoms with E-state index in [2.05, 4.69) is 5.32 Å². The van der Waals surface area contributed by atoms with Crippen LogP contribution >= 0.6 is 0 Å². The molecule has 2 aromatic rings. The zero-order valence-electron chi connectivity index (χ0n) is 15.8. The van der Waals surface area contributed by atoms with Crippen LogP contribution in [0.15, 0.2) is 48.5 Å². The molecule has 0 heterocycles. The summed E-state index contributed by atoms with van der Waals surface area (Å²) in [4.78, 5) is 11.0. The number of ether oxygens (including phenoxy) is 1.